The highest BCUT2D eigenvalue weighted by Gasteiger charge is 2.29. The number of aliphatic hydroxyl groups excluding tert-OH is 1. The van der Waals surface area contributed by atoms with Gasteiger partial charge in [-0.3, -0.25) is 0 Å². The zero-order valence-corrected chi connectivity index (χ0v) is 15.2. The van der Waals surface area contributed by atoms with Gasteiger partial charge in [0.1, 0.15) is 23.5 Å². The number of anilines is 1. The average Bonchev–Trinajstić information content (AvgIpc) is 3.16. The van der Waals surface area contributed by atoms with E-state index in [1.54, 1.807) is 12.3 Å². The van der Waals surface area contributed by atoms with Crippen molar-refractivity contribution in [1.29, 1.82) is 0 Å². The number of ether oxygens (including phenoxy) is 1. The second-order valence-corrected chi connectivity index (χ2v) is 6.59. The van der Waals surface area contributed by atoms with Crippen LogP contribution < -0.4 is 4.90 Å². The van der Waals surface area contributed by atoms with Crippen molar-refractivity contribution in [3.63, 3.8) is 0 Å². The molecule has 3 aromatic heterocycles. The van der Waals surface area contributed by atoms with Crippen molar-refractivity contribution >= 4 is 11.5 Å². The summed E-state index contributed by atoms with van der Waals surface area (Å²) >= 11 is 0. The maximum Gasteiger partial charge on any atom is 0.282 e. The Kier molecular flexibility index (Phi) is 5.14. The van der Waals surface area contributed by atoms with E-state index in [4.69, 9.17) is 4.74 Å². The zero-order chi connectivity index (χ0) is 19.7. The smallest absolute Gasteiger partial charge is 0.282 e. The van der Waals surface area contributed by atoms with Crippen molar-refractivity contribution in [1.82, 2.24) is 24.6 Å². The average molecular weight is 390 g/mol. The van der Waals surface area contributed by atoms with E-state index in [0.29, 0.717) is 36.0 Å². The molecule has 0 radical (unpaired) electrons. The summed E-state index contributed by atoms with van der Waals surface area (Å²) in [7, 11) is 0. The van der Waals surface area contributed by atoms with Gasteiger partial charge in [0, 0.05) is 12.6 Å². The first-order valence-corrected chi connectivity index (χ1v) is 9.05. The number of aromatic nitrogens is 5. The molecule has 0 aromatic carbocycles. The summed E-state index contributed by atoms with van der Waals surface area (Å²) in [5.41, 5.74) is 1.16. The van der Waals surface area contributed by atoms with Gasteiger partial charge in [0.2, 0.25) is 0 Å². The summed E-state index contributed by atoms with van der Waals surface area (Å²) in [6.45, 7) is 2.99. The third kappa shape index (κ3) is 3.40. The molecule has 0 bridgehead atoms. The molecule has 1 N–H and O–H groups in total. The van der Waals surface area contributed by atoms with Crippen LogP contribution >= 0.6 is 0 Å². The van der Waals surface area contributed by atoms with Gasteiger partial charge in [-0.15, -0.1) is 0 Å². The van der Waals surface area contributed by atoms with Gasteiger partial charge in [0.25, 0.3) is 6.43 Å². The predicted molar refractivity (Wildman–Crippen MR) is 97.2 cm³/mol. The number of halogens is 2. The molecule has 0 spiro atoms. The van der Waals surface area contributed by atoms with E-state index < -0.39 is 6.43 Å². The Labute approximate surface area is 159 Å². The van der Waals surface area contributed by atoms with E-state index in [1.807, 2.05) is 0 Å². The van der Waals surface area contributed by atoms with Gasteiger partial charge in [0.15, 0.2) is 5.65 Å². The molecule has 1 fully saturated rings. The number of fused-ring (bicyclic) bond motifs is 1. The van der Waals surface area contributed by atoms with Crippen LogP contribution in [0, 0.1) is 0 Å². The van der Waals surface area contributed by atoms with E-state index in [9.17, 15) is 13.9 Å². The molecule has 0 saturated carbocycles. The lowest BCUT2D eigenvalue weighted by Crippen LogP contribution is -2.51. The van der Waals surface area contributed by atoms with Crippen LogP contribution in [0.15, 0.2) is 30.7 Å². The molecule has 4 rings (SSSR count). The zero-order valence-electron chi connectivity index (χ0n) is 15.2. The maximum absolute atomic E-state index is 13.0. The lowest BCUT2D eigenvalue weighted by molar-refractivity contribution is -0.0137. The van der Waals surface area contributed by atoms with Crippen LogP contribution in [0.25, 0.3) is 17.0 Å². The van der Waals surface area contributed by atoms with Crippen molar-refractivity contribution in [3.05, 3.63) is 36.4 Å². The fourth-order valence-corrected chi connectivity index (χ4v) is 3.31. The Balaban J connectivity index is 1.72. The van der Waals surface area contributed by atoms with Gasteiger partial charge in [0.05, 0.1) is 37.3 Å². The molecule has 0 aliphatic carbocycles. The lowest BCUT2D eigenvalue weighted by atomic mass is 10.1. The number of aliphatic hydroxyl groups is 1. The van der Waals surface area contributed by atoms with Crippen molar-refractivity contribution in [2.24, 2.45) is 0 Å². The summed E-state index contributed by atoms with van der Waals surface area (Å²) in [6, 6.07) is 4.66. The highest BCUT2D eigenvalue weighted by atomic mass is 19.3. The number of morpholine rings is 1. The van der Waals surface area contributed by atoms with Crippen LogP contribution in [0.3, 0.4) is 0 Å². The second kappa shape index (κ2) is 7.72. The quantitative estimate of drug-likeness (QED) is 0.714. The largest absolute Gasteiger partial charge is 0.394 e. The number of hydrogen-bond acceptors (Lipinski definition) is 7. The van der Waals surface area contributed by atoms with Crippen molar-refractivity contribution in [2.75, 3.05) is 24.7 Å². The Morgan fingerprint density at radius 1 is 1.29 bits per heavy atom. The standard InChI is InChI=1S/C18H20F2N6O2/c1-2-11-9-28-12(8-27)7-25(11)17-5-14(22-10-23-17)15-6-21-16-4-3-13(18(19)20)24-26(15)16/h3-6,10-12,18,27H,2,7-9H2,1H3. The molecule has 3 aromatic rings. The molecule has 2 atom stereocenters. The Morgan fingerprint density at radius 2 is 2.14 bits per heavy atom. The van der Waals surface area contributed by atoms with Crippen LogP contribution in [0.2, 0.25) is 0 Å². The van der Waals surface area contributed by atoms with E-state index in [0.717, 1.165) is 6.42 Å². The molecule has 4 heterocycles. The molecular weight excluding hydrogens is 370 g/mol. The van der Waals surface area contributed by atoms with E-state index in [2.05, 4.69) is 31.9 Å². The van der Waals surface area contributed by atoms with E-state index in [1.165, 1.54) is 23.0 Å². The molecule has 1 aliphatic rings. The number of hydrogen-bond donors (Lipinski definition) is 1. The monoisotopic (exact) mass is 390 g/mol. The SMILES string of the molecule is CCC1COC(CO)CN1c1cc(-c2cnc3ccc(C(F)F)nn23)ncn1. The highest BCUT2D eigenvalue weighted by molar-refractivity contribution is 5.62. The maximum atomic E-state index is 13.0. The fraction of sp³-hybridized carbons (Fsp3) is 0.444. The van der Waals surface area contributed by atoms with Gasteiger partial charge >= 0.3 is 0 Å². The minimum Gasteiger partial charge on any atom is -0.394 e. The first kappa shape index (κ1) is 18.6. The van der Waals surface area contributed by atoms with Crippen LogP contribution in [0.4, 0.5) is 14.6 Å². The topological polar surface area (TPSA) is 88.7 Å². The third-order valence-corrected chi connectivity index (χ3v) is 4.86. The van der Waals surface area contributed by atoms with Gasteiger partial charge in [-0.1, -0.05) is 6.92 Å². The van der Waals surface area contributed by atoms with Crippen LogP contribution in [0.5, 0.6) is 0 Å². The Hall–Kier alpha value is -2.72. The second-order valence-electron chi connectivity index (χ2n) is 6.59. The van der Waals surface area contributed by atoms with Gasteiger partial charge in [-0.25, -0.2) is 28.2 Å². The summed E-state index contributed by atoms with van der Waals surface area (Å²) < 4.78 is 33.1. The Bertz CT molecular complexity index is 966. The highest BCUT2D eigenvalue weighted by Crippen LogP contribution is 2.26. The molecule has 1 saturated heterocycles. The van der Waals surface area contributed by atoms with E-state index in [-0.39, 0.29) is 24.4 Å². The van der Waals surface area contributed by atoms with Gasteiger partial charge < -0.3 is 14.7 Å². The molecule has 2 unspecified atom stereocenters. The molecule has 0 amide bonds. The van der Waals surface area contributed by atoms with Crippen molar-refractivity contribution in [2.45, 2.75) is 31.9 Å². The van der Waals surface area contributed by atoms with Crippen LogP contribution in [0.1, 0.15) is 25.5 Å². The minimum absolute atomic E-state index is 0.0710. The van der Waals surface area contributed by atoms with Gasteiger partial charge in [-0.05, 0) is 18.6 Å². The predicted octanol–water partition coefficient (Wildman–Crippen LogP) is 2.10. The molecule has 1 aliphatic heterocycles. The van der Waals surface area contributed by atoms with Crippen LogP contribution in [-0.2, 0) is 4.74 Å². The minimum atomic E-state index is -2.67. The third-order valence-electron chi connectivity index (χ3n) is 4.86. The van der Waals surface area contributed by atoms with Gasteiger partial charge in [-0.2, -0.15) is 5.10 Å². The summed E-state index contributed by atoms with van der Waals surface area (Å²) in [6.07, 6.45) is 0.877. The van der Waals surface area contributed by atoms with Crippen molar-refractivity contribution < 1.29 is 18.6 Å². The van der Waals surface area contributed by atoms with Crippen LogP contribution in [-0.4, -0.2) is 61.6 Å². The number of nitrogens with zero attached hydrogens (tertiary/aromatic N) is 6. The number of rotatable bonds is 5. The van der Waals surface area contributed by atoms with Crippen molar-refractivity contribution in [3.8, 4) is 11.4 Å². The number of imidazole rings is 1. The molecule has 10 heteroatoms. The summed E-state index contributed by atoms with van der Waals surface area (Å²) in [5.74, 6) is 0.679. The fourth-order valence-electron chi connectivity index (χ4n) is 3.31. The molecular formula is C18H20F2N6O2. The summed E-state index contributed by atoms with van der Waals surface area (Å²) in [5, 5.41) is 13.4. The molecule has 148 valence electrons. The Morgan fingerprint density at radius 3 is 2.89 bits per heavy atom. The van der Waals surface area contributed by atoms with E-state index >= 15 is 0 Å². The first-order chi connectivity index (χ1) is 13.6. The molecule has 8 nitrogen and oxygen atoms in total. The normalized spacial score (nSPS) is 20.2. The number of alkyl halides is 2. The lowest BCUT2D eigenvalue weighted by Gasteiger charge is -2.39. The summed E-state index contributed by atoms with van der Waals surface area (Å²) in [4.78, 5) is 15.0. The first-order valence-electron chi connectivity index (χ1n) is 9.05. The molecule has 28 heavy (non-hydrogen) atoms.